The van der Waals surface area contributed by atoms with E-state index in [0.29, 0.717) is 0 Å². The Labute approximate surface area is 106 Å². The van der Waals surface area contributed by atoms with Gasteiger partial charge in [-0.2, -0.15) is 0 Å². The molecule has 0 bridgehead atoms. The summed E-state index contributed by atoms with van der Waals surface area (Å²) in [6.07, 6.45) is 6.21. The summed E-state index contributed by atoms with van der Waals surface area (Å²) in [5.41, 5.74) is 0.182. The third-order valence-electron chi connectivity index (χ3n) is 3.02. The second-order valence-electron chi connectivity index (χ2n) is 4.41. The second kappa shape index (κ2) is 6.01. The molecule has 2 aromatic rings. The molecule has 0 aliphatic carbocycles. The van der Waals surface area contributed by atoms with Gasteiger partial charge in [0.05, 0.1) is 10.1 Å². The molecule has 1 aromatic carbocycles. The fourth-order valence-corrected chi connectivity index (χ4v) is 3.06. The van der Waals surface area contributed by atoms with E-state index in [-0.39, 0.29) is 5.56 Å². The van der Waals surface area contributed by atoms with Crippen LogP contribution in [0.2, 0.25) is 0 Å². The van der Waals surface area contributed by atoms with Gasteiger partial charge in [-0.25, -0.2) is 0 Å². The summed E-state index contributed by atoms with van der Waals surface area (Å²) in [6, 6.07) is 7.86. The summed E-state index contributed by atoms with van der Waals surface area (Å²) < 4.78 is 3.00. The van der Waals surface area contributed by atoms with Crippen molar-refractivity contribution in [3.63, 3.8) is 0 Å². The highest BCUT2D eigenvalue weighted by Gasteiger charge is 2.05. The fourth-order valence-electron chi connectivity index (χ4n) is 2.02. The summed E-state index contributed by atoms with van der Waals surface area (Å²) in [5.74, 6) is 0. The van der Waals surface area contributed by atoms with Crippen molar-refractivity contribution < 1.29 is 0 Å². The van der Waals surface area contributed by atoms with Gasteiger partial charge in [-0.1, -0.05) is 56.3 Å². The first kappa shape index (κ1) is 12.4. The molecule has 92 valence electrons. The summed E-state index contributed by atoms with van der Waals surface area (Å²) >= 11 is 1.59. The number of rotatable bonds is 6. The Bertz CT molecular complexity index is 526. The van der Waals surface area contributed by atoms with Crippen LogP contribution in [-0.4, -0.2) is 3.96 Å². The Morgan fingerprint density at radius 1 is 1.12 bits per heavy atom. The SMILES string of the molecule is CCCCCCCn1sc2ccccc2c1=O. The average molecular weight is 249 g/mol. The molecule has 2 nitrogen and oxygen atoms in total. The van der Waals surface area contributed by atoms with Crippen molar-refractivity contribution in [2.24, 2.45) is 0 Å². The van der Waals surface area contributed by atoms with E-state index >= 15 is 0 Å². The van der Waals surface area contributed by atoms with E-state index in [1.807, 2.05) is 28.2 Å². The first-order valence-electron chi connectivity index (χ1n) is 6.42. The zero-order chi connectivity index (χ0) is 12.1. The van der Waals surface area contributed by atoms with Gasteiger partial charge in [0, 0.05) is 6.54 Å². The second-order valence-corrected chi connectivity index (χ2v) is 5.47. The maximum atomic E-state index is 12.0. The summed E-state index contributed by atoms with van der Waals surface area (Å²) in [7, 11) is 0. The first-order chi connectivity index (χ1) is 8.33. The van der Waals surface area contributed by atoms with Gasteiger partial charge in [-0.3, -0.25) is 8.75 Å². The zero-order valence-electron chi connectivity index (χ0n) is 10.3. The topological polar surface area (TPSA) is 22.0 Å². The van der Waals surface area contributed by atoms with Crippen molar-refractivity contribution in [2.75, 3.05) is 0 Å². The Balaban J connectivity index is 1.99. The van der Waals surface area contributed by atoms with Crippen molar-refractivity contribution in [2.45, 2.75) is 45.6 Å². The molecule has 0 atom stereocenters. The number of fused-ring (bicyclic) bond motifs is 1. The first-order valence-corrected chi connectivity index (χ1v) is 7.19. The molecule has 0 saturated carbocycles. The molecule has 0 N–H and O–H groups in total. The quantitative estimate of drug-likeness (QED) is 0.708. The van der Waals surface area contributed by atoms with Gasteiger partial charge in [0.15, 0.2) is 0 Å². The smallest absolute Gasteiger partial charge is 0.268 e. The molecule has 0 aliphatic rings. The third-order valence-corrected chi connectivity index (χ3v) is 4.14. The molecule has 0 amide bonds. The van der Waals surface area contributed by atoms with Gasteiger partial charge in [0.25, 0.3) is 5.56 Å². The molecule has 1 aromatic heterocycles. The van der Waals surface area contributed by atoms with Crippen molar-refractivity contribution in [3.05, 3.63) is 34.6 Å². The standard InChI is InChI=1S/C14H19NOS/c1-2-3-4-5-8-11-15-14(16)12-9-6-7-10-13(12)17-15/h6-7,9-10H,2-5,8,11H2,1H3. The van der Waals surface area contributed by atoms with Gasteiger partial charge >= 0.3 is 0 Å². The van der Waals surface area contributed by atoms with E-state index in [9.17, 15) is 4.79 Å². The van der Waals surface area contributed by atoms with Crippen LogP contribution >= 0.6 is 11.5 Å². The van der Waals surface area contributed by atoms with Gasteiger partial charge < -0.3 is 0 Å². The molecule has 2 rings (SSSR count). The van der Waals surface area contributed by atoms with E-state index < -0.39 is 0 Å². The van der Waals surface area contributed by atoms with Crippen LogP contribution in [0.4, 0.5) is 0 Å². The highest BCUT2D eigenvalue weighted by Crippen LogP contribution is 2.16. The average Bonchev–Trinajstić information content (AvgIpc) is 2.67. The number of unbranched alkanes of at least 4 members (excludes halogenated alkanes) is 4. The molecule has 0 spiro atoms. The minimum Gasteiger partial charge on any atom is -0.268 e. The van der Waals surface area contributed by atoms with E-state index in [1.54, 1.807) is 11.5 Å². The van der Waals surface area contributed by atoms with E-state index in [0.717, 1.165) is 23.1 Å². The fraction of sp³-hybridized carbons (Fsp3) is 0.500. The van der Waals surface area contributed by atoms with Crippen LogP contribution in [0.3, 0.4) is 0 Å². The minimum atomic E-state index is 0.182. The Hall–Kier alpha value is -1.09. The summed E-state index contributed by atoms with van der Waals surface area (Å²) in [5, 5.41) is 0.867. The zero-order valence-corrected chi connectivity index (χ0v) is 11.1. The predicted molar refractivity (Wildman–Crippen MR) is 74.8 cm³/mol. The molecule has 3 heteroatoms. The van der Waals surface area contributed by atoms with Crippen molar-refractivity contribution >= 4 is 21.6 Å². The summed E-state index contributed by atoms with van der Waals surface area (Å²) in [6.45, 7) is 3.10. The lowest BCUT2D eigenvalue weighted by Gasteiger charge is -2.00. The molecule has 0 unspecified atom stereocenters. The Kier molecular flexibility index (Phi) is 4.37. The molecule has 0 aliphatic heterocycles. The molecule has 0 radical (unpaired) electrons. The van der Waals surface area contributed by atoms with E-state index in [4.69, 9.17) is 0 Å². The van der Waals surface area contributed by atoms with Crippen LogP contribution in [0.1, 0.15) is 39.0 Å². The van der Waals surface area contributed by atoms with E-state index in [1.165, 1.54) is 25.7 Å². The lowest BCUT2D eigenvalue weighted by molar-refractivity contribution is 0.582. The lowest BCUT2D eigenvalue weighted by Crippen LogP contribution is -2.12. The molecular weight excluding hydrogens is 230 g/mol. The number of nitrogens with zero attached hydrogens (tertiary/aromatic N) is 1. The molecule has 0 fully saturated rings. The van der Waals surface area contributed by atoms with Crippen molar-refractivity contribution in [3.8, 4) is 0 Å². The Morgan fingerprint density at radius 2 is 1.88 bits per heavy atom. The number of benzene rings is 1. The van der Waals surface area contributed by atoms with Gasteiger partial charge in [-0.15, -0.1) is 0 Å². The number of hydrogen-bond donors (Lipinski definition) is 0. The predicted octanol–water partition coefficient (Wildman–Crippen LogP) is 4.03. The van der Waals surface area contributed by atoms with Crippen LogP contribution in [-0.2, 0) is 6.54 Å². The van der Waals surface area contributed by atoms with Crippen molar-refractivity contribution in [1.82, 2.24) is 3.96 Å². The summed E-state index contributed by atoms with van der Waals surface area (Å²) in [4.78, 5) is 12.0. The maximum absolute atomic E-state index is 12.0. The monoisotopic (exact) mass is 249 g/mol. The number of aromatic nitrogens is 1. The molecule has 17 heavy (non-hydrogen) atoms. The van der Waals surface area contributed by atoms with Crippen LogP contribution in [0, 0.1) is 0 Å². The van der Waals surface area contributed by atoms with Crippen LogP contribution in [0.15, 0.2) is 29.1 Å². The highest BCUT2D eigenvalue weighted by molar-refractivity contribution is 7.13. The lowest BCUT2D eigenvalue weighted by atomic mass is 10.1. The number of hydrogen-bond acceptors (Lipinski definition) is 2. The van der Waals surface area contributed by atoms with E-state index in [2.05, 4.69) is 6.92 Å². The van der Waals surface area contributed by atoms with Crippen LogP contribution in [0.25, 0.3) is 10.1 Å². The van der Waals surface area contributed by atoms with Crippen LogP contribution < -0.4 is 5.56 Å². The minimum absolute atomic E-state index is 0.182. The third kappa shape index (κ3) is 2.97. The normalized spacial score (nSPS) is 11.1. The largest absolute Gasteiger partial charge is 0.268 e. The van der Waals surface area contributed by atoms with Gasteiger partial charge in [0.1, 0.15) is 0 Å². The highest BCUT2D eigenvalue weighted by atomic mass is 32.1. The molecule has 0 saturated heterocycles. The molecule has 1 heterocycles. The molecular formula is C14H19NOS. The van der Waals surface area contributed by atoms with Crippen LogP contribution in [0.5, 0.6) is 0 Å². The van der Waals surface area contributed by atoms with Gasteiger partial charge in [0.2, 0.25) is 0 Å². The maximum Gasteiger partial charge on any atom is 0.268 e. The van der Waals surface area contributed by atoms with Gasteiger partial charge in [-0.05, 0) is 18.6 Å². The number of aryl methyl sites for hydroxylation is 1. The Morgan fingerprint density at radius 3 is 2.65 bits per heavy atom. The van der Waals surface area contributed by atoms with Crippen molar-refractivity contribution in [1.29, 1.82) is 0 Å².